The maximum atomic E-state index is 10.8. The van der Waals surface area contributed by atoms with Gasteiger partial charge in [-0.25, -0.2) is 9.78 Å². The molecule has 0 aliphatic rings. The highest BCUT2D eigenvalue weighted by Crippen LogP contribution is 2.17. The van der Waals surface area contributed by atoms with Crippen molar-refractivity contribution in [1.29, 1.82) is 0 Å². The highest BCUT2D eigenvalue weighted by Gasteiger charge is 2.08. The van der Waals surface area contributed by atoms with Crippen LogP contribution in [0.15, 0.2) is 48.5 Å². The number of aromatic nitrogens is 2. The molecule has 4 heteroatoms. The number of benzene rings is 2. The van der Waals surface area contributed by atoms with Crippen LogP contribution in [0.4, 0.5) is 0 Å². The number of para-hydroxylation sites is 2. The van der Waals surface area contributed by atoms with Gasteiger partial charge in [0.25, 0.3) is 0 Å². The van der Waals surface area contributed by atoms with E-state index in [1.807, 2.05) is 43.4 Å². The van der Waals surface area contributed by atoms with E-state index in [2.05, 4.69) is 9.55 Å². The van der Waals surface area contributed by atoms with Crippen LogP contribution in [-0.4, -0.2) is 20.6 Å². The van der Waals surface area contributed by atoms with Crippen molar-refractivity contribution in [3.8, 4) is 0 Å². The van der Waals surface area contributed by atoms with Gasteiger partial charge in [0, 0.05) is 13.5 Å². The minimum atomic E-state index is -0.903. The number of imidazole rings is 1. The number of fused-ring (bicyclic) bond motifs is 1. The molecular formula is C16H14N2O2. The van der Waals surface area contributed by atoms with Crippen molar-refractivity contribution in [2.45, 2.75) is 6.42 Å². The number of rotatable bonds is 3. The Bertz CT molecular complexity index is 773. The molecule has 0 spiro atoms. The lowest BCUT2D eigenvalue weighted by Crippen LogP contribution is -2.00. The van der Waals surface area contributed by atoms with E-state index in [4.69, 9.17) is 5.11 Å². The van der Waals surface area contributed by atoms with E-state index in [1.165, 1.54) is 0 Å². The molecule has 0 fully saturated rings. The molecule has 0 bridgehead atoms. The molecule has 2 aromatic carbocycles. The van der Waals surface area contributed by atoms with Crippen LogP contribution < -0.4 is 0 Å². The number of carbonyl (C=O) groups is 1. The Morgan fingerprint density at radius 1 is 1.15 bits per heavy atom. The molecule has 0 amide bonds. The molecule has 100 valence electrons. The van der Waals surface area contributed by atoms with E-state index in [0.717, 1.165) is 22.4 Å². The lowest BCUT2D eigenvalue weighted by molar-refractivity contribution is 0.0697. The number of hydrogen-bond donors (Lipinski definition) is 1. The molecule has 1 aromatic heterocycles. The first-order valence-corrected chi connectivity index (χ1v) is 6.38. The molecule has 4 nitrogen and oxygen atoms in total. The van der Waals surface area contributed by atoms with Crippen molar-refractivity contribution in [3.63, 3.8) is 0 Å². The van der Waals surface area contributed by atoms with E-state index >= 15 is 0 Å². The van der Waals surface area contributed by atoms with Gasteiger partial charge in [-0.1, -0.05) is 24.3 Å². The number of hydrogen-bond acceptors (Lipinski definition) is 2. The van der Waals surface area contributed by atoms with Crippen LogP contribution in [-0.2, 0) is 13.5 Å². The average molecular weight is 266 g/mol. The molecule has 1 heterocycles. The van der Waals surface area contributed by atoms with Crippen LogP contribution in [0.3, 0.4) is 0 Å². The van der Waals surface area contributed by atoms with Gasteiger partial charge in [-0.3, -0.25) is 0 Å². The molecule has 0 radical (unpaired) electrons. The van der Waals surface area contributed by atoms with Gasteiger partial charge in [-0.15, -0.1) is 0 Å². The Kier molecular flexibility index (Phi) is 2.99. The number of nitrogens with zero attached hydrogens (tertiary/aromatic N) is 2. The maximum Gasteiger partial charge on any atom is 0.335 e. The molecule has 0 atom stereocenters. The Labute approximate surface area is 116 Å². The fourth-order valence-corrected chi connectivity index (χ4v) is 2.30. The molecule has 0 saturated carbocycles. The molecule has 0 saturated heterocycles. The average Bonchev–Trinajstić information content (AvgIpc) is 2.77. The number of carboxylic acids is 1. The van der Waals surface area contributed by atoms with Crippen LogP contribution in [0.5, 0.6) is 0 Å². The smallest absolute Gasteiger partial charge is 0.335 e. The van der Waals surface area contributed by atoms with Crippen LogP contribution >= 0.6 is 0 Å². The summed E-state index contributed by atoms with van der Waals surface area (Å²) >= 11 is 0. The van der Waals surface area contributed by atoms with Crippen LogP contribution in [0.2, 0.25) is 0 Å². The first-order chi connectivity index (χ1) is 9.65. The number of aromatic carboxylic acids is 1. The van der Waals surface area contributed by atoms with Crippen LogP contribution in [0.1, 0.15) is 21.7 Å². The normalized spacial score (nSPS) is 10.8. The SMILES string of the molecule is Cn1c(Cc2ccc(C(=O)O)cc2)nc2ccccc21. The predicted octanol–water partition coefficient (Wildman–Crippen LogP) is 2.86. The Morgan fingerprint density at radius 2 is 1.85 bits per heavy atom. The van der Waals surface area contributed by atoms with Gasteiger partial charge in [-0.2, -0.15) is 0 Å². The lowest BCUT2D eigenvalue weighted by Gasteiger charge is -2.03. The second kappa shape index (κ2) is 4.81. The summed E-state index contributed by atoms with van der Waals surface area (Å²) < 4.78 is 2.07. The highest BCUT2D eigenvalue weighted by molar-refractivity contribution is 5.87. The topological polar surface area (TPSA) is 55.1 Å². The first-order valence-electron chi connectivity index (χ1n) is 6.38. The van der Waals surface area contributed by atoms with Crippen molar-refractivity contribution in [2.75, 3.05) is 0 Å². The lowest BCUT2D eigenvalue weighted by atomic mass is 10.1. The fraction of sp³-hybridized carbons (Fsp3) is 0.125. The molecule has 0 aliphatic heterocycles. The Hall–Kier alpha value is -2.62. The third-order valence-electron chi connectivity index (χ3n) is 3.44. The summed E-state index contributed by atoms with van der Waals surface area (Å²) in [5, 5.41) is 8.89. The van der Waals surface area contributed by atoms with Gasteiger partial charge in [0.05, 0.1) is 16.6 Å². The summed E-state index contributed by atoms with van der Waals surface area (Å²) in [6, 6.07) is 14.9. The van der Waals surface area contributed by atoms with E-state index in [1.54, 1.807) is 12.1 Å². The van der Waals surface area contributed by atoms with Crippen molar-refractivity contribution in [2.24, 2.45) is 7.05 Å². The van der Waals surface area contributed by atoms with Gasteiger partial charge < -0.3 is 9.67 Å². The molecule has 0 aliphatic carbocycles. The first kappa shape index (κ1) is 12.4. The Balaban J connectivity index is 1.92. The zero-order valence-electron chi connectivity index (χ0n) is 11.1. The third-order valence-corrected chi connectivity index (χ3v) is 3.44. The summed E-state index contributed by atoms with van der Waals surface area (Å²) in [6.07, 6.45) is 0.686. The minimum absolute atomic E-state index is 0.304. The second-order valence-electron chi connectivity index (χ2n) is 4.75. The largest absolute Gasteiger partial charge is 0.478 e. The number of carboxylic acid groups (broad SMARTS) is 1. The third kappa shape index (κ3) is 2.16. The second-order valence-corrected chi connectivity index (χ2v) is 4.75. The molecule has 3 aromatic rings. The molecule has 20 heavy (non-hydrogen) atoms. The highest BCUT2D eigenvalue weighted by atomic mass is 16.4. The zero-order valence-corrected chi connectivity index (χ0v) is 11.1. The van der Waals surface area contributed by atoms with Gasteiger partial charge in [0.1, 0.15) is 5.82 Å². The molecular weight excluding hydrogens is 252 g/mol. The van der Waals surface area contributed by atoms with Crippen molar-refractivity contribution in [1.82, 2.24) is 9.55 Å². The van der Waals surface area contributed by atoms with Crippen molar-refractivity contribution >= 4 is 17.0 Å². The minimum Gasteiger partial charge on any atom is -0.478 e. The summed E-state index contributed by atoms with van der Waals surface area (Å²) in [5.74, 6) is 0.0635. The summed E-state index contributed by atoms with van der Waals surface area (Å²) in [6.45, 7) is 0. The van der Waals surface area contributed by atoms with E-state index in [9.17, 15) is 4.79 Å². The summed E-state index contributed by atoms with van der Waals surface area (Å²) in [4.78, 5) is 15.4. The standard InChI is InChI=1S/C16H14N2O2/c1-18-14-5-3-2-4-13(14)17-15(18)10-11-6-8-12(9-7-11)16(19)20/h2-9H,10H2,1H3,(H,19,20). The summed E-state index contributed by atoms with van der Waals surface area (Å²) in [7, 11) is 2.00. The van der Waals surface area contributed by atoms with E-state index in [0.29, 0.717) is 12.0 Å². The predicted molar refractivity (Wildman–Crippen MR) is 76.9 cm³/mol. The maximum absolute atomic E-state index is 10.8. The fourth-order valence-electron chi connectivity index (χ4n) is 2.30. The quantitative estimate of drug-likeness (QED) is 0.793. The zero-order chi connectivity index (χ0) is 14.1. The van der Waals surface area contributed by atoms with Crippen molar-refractivity contribution < 1.29 is 9.90 Å². The van der Waals surface area contributed by atoms with Gasteiger partial charge in [-0.05, 0) is 29.8 Å². The monoisotopic (exact) mass is 266 g/mol. The van der Waals surface area contributed by atoms with Crippen molar-refractivity contribution in [3.05, 3.63) is 65.5 Å². The molecule has 3 rings (SSSR count). The summed E-state index contributed by atoms with van der Waals surface area (Å²) in [5.41, 5.74) is 3.43. The van der Waals surface area contributed by atoms with E-state index in [-0.39, 0.29) is 0 Å². The van der Waals surface area contributed by atoms with Gasteiger partial charge in [0.15, 0.2) is 0 Å². The molecule has 0 unspecified atom stereocenters. The van der Waals surface area contributed by atoms with E-state index < -0.39 is 5.97 Å². The molecule has 1 N–H and O–H groups in total. The number of aryl methyl sites for hydroxylation is 1. The van der Waals surface area contributed by atoms with Gasteiger partial charge >= 0.3 is 5.97 Å². The Morgan fingerprint density at radius 3 is 2.50 bits per heavy atom. The van der Waals surface area contributed by atoms with Crippen LogP contribution in [0.25, 0.3) is 11.0 Å². The van der Waals surface area contributed by atoms with Gasteiger partial charge in [0.2, 0.25) is 0 Å². The van der Waals surface area contributed by atoms with Crippen LogP contribution in [0, 0.1) is 0 Å².